The molecule has 2 heterocycles. The van der Waals surface area contributed by atoms with Crippen molar-refractivity contribution >= 4 is 17.5 Å². The van der Waals surface area contributed by atoms with Crippen LogP contribution in [-0.2, 0) is 18.4 Å². The minimum absolute atomic E-state index is 0.0125. The maximum Gasteiger partial charge on any atom is 0.283 e. The number of amides is 1. The van der Waals surface area contributed by atoms with Crippen molar-refractivity contribution < 1.29 is 13.6 Å². The Kier molecular flexibility index (Phi) is 4.81. The monoisotopic (exact) mass is 371 g/mol. The number of aromatic nitrogens is 4. The SMILES string of the molecule is Cc1c(C(C)NC(=O)Cn2nc(C(F)F)c(Cl)c2C2CC2)cnn1C. The van der Waals surface area contributed by atoms with Crippen LogP contribution < -0.4 is 5.32 Å². The van der Waals surface area contributed by atoms with Gasteiger partial charge in [-0.25, -0.2) is 8.78 Å². The Bertz CT molecular complexity index is 797. The van der Waals surface area contributed by atoms with E-state index < -0.39 is 12.1 Å². The van der Waals surface area contributed by atoms with Crippen molar-refractivity contribution in [2.24, 2.45) is 7.05 Å². The van der Waals surface area contributed by atoms with Crippen LogP contribution in [0, 0.1) is 6.92 Å². The summed E-state index contributed by atoms with van der Waals surface area (Å²) in [6.07, 6.45) is 0.698. The first-order valence-electron chi connectivity index (χ1n) is 8.11. The molecule has 0 radical (unpaired) electrons. The van der Waals surface area contributed by atoms with Gasteiger partial charge in [-0.1, -0.05) is 11.6 Å². The lowest BCUT2D eigenvalue weighted by Gasteiger charge is -2.14. The third-order valence-corrected chi connectivity index (χ3v) is 4.92. The van der Waals surface area contributed by atoms with Gasteiger partial charge in [-0.15, -0.1) is 0 Å². The summed E-state index contributed by atoms with van der Waals surface area (Å²) >= 11 is 6.06. The molecule has 25 heavy (non-hydrogen) atoms. The van der Waals surface area contributed by atoms with E-state index in [0.29, 0.717) is 5.69 Å². The average Bonchev–Trinajstić information content (AvgIpc) is 3.23. The number of carbonyl (C=O) groups excluding carboxylic acids is 1. The van der Waals surface area contributed by atoms with Crippen molar-refractivity contribution in [3.63, 3.8) is 0 Å². The van der Waals surface area contributed by atoms with Gasteiger partial charge >= 0.3 is 0 Å². The Balaban J connectivity index is 1.75. The van der Waals surface area contributed by atoms with Crippen molar-refractivity contribution in [3.8, 4) is 0 Å². The lowest BCUT2D eigenvalue weighted by molar-refractivity contribution is -0.122. The van der Waals surface area contributed by atoms with Crippen LogP contribution in [0.1, 0.15) is 60.8 Å². The molecular formula is C16H20ClF2N5O. The predicted molar refractivity (Wildman–Crippen MR) is 88.7 cm³/mol. The molecule has 0 saturated heterocycles. The second kappa shape index (κ2) is 6.74. The minimum atomic E-state index is -2.76. The summed E-state index contributed by atoms with van der Waals surface area (Å²) in [5, 5.41) is 10.9. The highest BCUT2D eigenvalue weighted by molar-refractivity contribution is 6.32. The summed E-state index contributed by atoms with van der Waals surface area (Å²) in [7, 11) is 1.83. The van der Waals surface area contributed by atoms with Gasteiger partial charge in [0.25, 0.3) is 6.43 Å². The normalized spacial score (nSPS) is 15.6. The summed E-state index contributed by atoms with van der Waals surface area (Å²) < 4.78 is 29.1. The van der Waals surface area contributed by atoms with Crippen LogP contribution in [0.5, 0.6) is 0 Å². The van der Waals surface area contributed by atoms with E-state index in [4.69, 9.17) is 11.6 Å². The molecule has 2 aromatic rings. The molecule has 0 bridgehead atoms. The zero-order chi connectivity index (χ0) is 18.3. The number of nitrogens with one attached hydrogen (secondary N) is 1. The van der Waals surface area contributed by atoms with Crippen LogP contribution in [0.4, 0.5) is 8.78 Å². The largest absolute Gasteiger partial charge is 0.348 e. The molecular weight excluding hydrogens is 352 g/mol. The van der Waals surface area contributed by atoms with Crippen LogP contribution >= 0.6 is 11.6 Å². The van der Waals surface area contributed by atoms with E-state index >= 15 is 0 Å². The highest BCUT2D eigenvalue weighted by Gasteiger charge is 2.34. The molecule has 0 aromatic carbocycles. The molecule has 9 heteroatoms. The highest BCUT2D eigenvalue weighted by atomic mass is 35.5. The van der Waals surface area contributed by atoms with Gasteiger partial charge in [-0.2, -0.15) is 10.2 Å². The van der Waals surface area contributed by atoms with E-state index in [-0.39, 0.29) is 29.4 Å². The van der Waals surface area contributed by atoms with Gasteiger partial charge in [0.2, 0.25) is 5.91 Å². The van der Waals surface area contributed by atoms with Gasteiger partial charge in [-0.3, -0.25) is 14.2 Å². The van der Waals surface area contributed by atoms with Crippen LogP contribution in [-0.4, -0.2) is 25.5 Å². The van der Waals surface area contributed by atoms with E-state index in [9.17, 15) is 13.6 Å². The first kappa shape index (κ1) is 17.8. The standard InChI is InChI=1S/C16H20ClF2N5O/c1-8(11-6-20-23(3)9(11)2)21-12(25)7-24-15(10-4-5-10)13(17)14(22-24)16(18)19/h6,8,10,16H,4-5,7H2,1-3H3,(H,21,25). The van der Waals surface area contributed by atoms with Gasteiger partial charge in [0.05, 0.1) is 23.0 Å². The van der Waals surface area contributed by atoms with E-state index in [1.807, 2.05) is 20.9 Å². The molecule has 1 saturated carbocycles. The zero-order valence-corrected chi connectivity index (χ0v) is 15.0. The third kappa shape index (κ3) is 3.53. The highest BCUT2D eigenvalue weighted by Crippen LogP contribution is 2.45. The summed E-state index contributed by atoms with van der Waals surface area (Å²) in [5.74, 6) is -0.198. The molecule has 1 atom stereocenters. The molecule has 0 spiro atoms. The Hall–Kier alpha value is -1.96. The second-order valence-electron chi connectivity index (χ2n) is 6.42. The van der Waals surface area contributed by atoms with Crippen molar-refractivity contribution in [2.45, 2.75) is 51.6 Å². The van der Waals surface area contributed by atoms with Crippen LogP contribution in [0.2, 0.25) is 5.02 Å². The average molecular weight is 372 g/mol. The predicted octanol–water partition coefficient (Wildman–Crippen LogP) is 3.27. The van der Waals surface area contributed by atoms with Crippen molar-refractivity contribution in [3.05, 3.63) is 33.9 Å². The fraction of sp³-hybridized carbons (Fsp3) is 0.562. The molecule has 1 unspecified atom stereocenters. The van der Waals surface area contributed by atoms with Gasteiger partial charge in [0.15, 0.2) is 0 Å². The Morgan fingerprint density at radius 2 is 2.16 bits per heavy atom. The fourth-order valence-corrected chi connectivity index (χ4v) is 3.29. The number of rotatable bonds is 6. The molecule has 1 aliphatic rings. The number of carbonyl (C=O) groups is 1. The van der Waals surface area contributed by atoms with Crippen molar-refractivity contribution in [1.82, 2.24) is 24.9 Å². The molecule has 3 rings (SSSR count). The lowest BCUT2D eigenvalue weighted by Crippen LogP contribution is -2.31. The topological polar surface area (TPSA) is 64.7 Å². The Morgan fingerprint density at radius 3 is 2.68 bits per heavy atom. The number of alkyl halides is 2. The maximum atomic E-state index is 13.1. The van der Waals surface area contributed by atoms with Crippen molar-refractivity contribution in [1.29, 1.82) is 0 Å². The van der Waals surface area contributed by atoms with Gasteiger partial charge < -0.3 is 5.32 Å². The van der Waals surface area contributed by atoms with Gasteiger partial charge in [-0.05, 0) is 26.7 Å². The zero-order valence-electron chi connectivity index (χ0n) is 14.3. The number of halogens is 3. The van der Waals surface area contributed by atoms with E-state index in [0.717, 1.165) is 24.1 Å². The first-order valence-corrected chi connectivity index (χ1v) is 8.49. The van der Waals surface area contributed by atoms with Crippen LogP contribution in [0.3, 0.4) is 0 Å². The summed E-state index contributed by atoms with van der Waals surface area (Å²) in [5.41, 5.74) is 1.95. The van der Waals surface area contributed by atoms with Crippen LogP contribution in [0.15, 0.2) is 6.20 Å². The fourth-order valence-electron chi connectivity index (χ4n) is 2.92. The number of hydrogen-bond acceptors (Lipinski definition) is 3. The molecule has 1 aliphatic carbocycles. The maximum absolute atomic E-state index is 13.1. The molecule has 136 valence electrons. The summed E-state index contributed by atoms with van der Waals surface area (Å²) in [4.78, 5) is 12.4. The molecule has 1 N–H and O–H groups in total. The second-order valence-corrected chi connectivity index (χ2v) is 6.79. The first-order chi connectivity index (χ1) is 11.8. The summed E-state index contributed by atoms with van der Waals surface area (Å²) in [6.45, 7) is 3.63. The van der Waals surface area contributed by atoms with Crippen molar-refractivity contribution in [2.75, 3.05) is 0 Å². The smallest absolute Gasteiger partial charge is 0.283 e. The molecule has 6 nitrogen and oxygen atoms in total. The molecule has 1 fully saturated rings. The molecule has 1 amide bonds. The van der Waals surface area contributed by atoms with Gasteiger partial charge in [0.1, 0.15) is 12.2 Å². The van der Waals surface area contributed by atoms with E-state index in [1.165, 1.54) is 4.68 Å². The van der Waals surface area contributed by atoms with E-state index in [1.54, 1.807) is 10.9 Å². The van der Waals surface area contributed by atoms with E-state index in [2.05, 4.69) is 15.5 Å². The Labute approximate surface area is 149 Å². The quantitative estimate of drug-likeness (QED) is 0.847. The minimum Gasteiger partial charge on any atom is -0.348 e. The molecule has 0 aliphatic heterocycles. The van der Waals surface area contributed by atoms with Crippen LogP contribution in [0.25, 0.3) is 0 Å². The molecule has 2 aromatic heterocycles. The summed E-state index contributed by atoms with van der Waals surface area (Å²) in [6, 6.07) is -0.244. The third-order valence-electron chi connectivity index (χ3n) is 4.54. The number of aryl methyl sites for hydroxylation is 1. The Morgan fingerprint density at radius 1 is 1.48 bits per heavy atom. The number of hydrogen-bond donors (Lipinski definition) is 1. The number of nitrogens with zero attached hydrogens (tertiary/aromatic N) is 4. The van der Waals surface area contributed by atoms with Gasteiger partial charge in [0, 0.05) is 24.2 Å². The lowest BCUT2D eigenvalue weighted by atomic mass is 10.1.